The van der Waals surface area contributed by atoms with Crippen LogP contribution in [0.5, 0.6) is 0 Å². The zero-order valence-corrected chi connectivity index (χ0v) is 10.1. The standard InChI is InChI=1S/C12H25O3/c1-4-7-10-14-12(13,9-6-3)15-11-8-5-2/h13H,3-11H2,1-2H3. The first-order valence-corrected chi connectivity index (χ1v) is 5.98. The molecule has 3 heteroatoms. The van der Waals surface area contributed by atoms with Crippen LogP contribution >= 0.6 is 0 Å². The fourth-order valence-electron chi connectivity index (χ4n) is 1.16. The lowest BCUT2D eigenvalue weighted by molar-refractivity contribution is -0.363. The van der Waals surface area contributed by atoms with Gasteiger partial charge in [0.1, 0.15) is 0 Å². The van der Waals surface area contributed by atoms with Gasteiger partial charge in [-0.1, -0.05) is 33.6 Å². The zero-order chi connectivity index (χ0) is 11.6. The molecule has 0 unspecified atom stereocenters. The molecular weight excluding hydrogens is 192 g/mol. The van der Waals surface area contributed by atoms with Gasteiger partial charge in [-0.2, -0.15) is 0 Å². The normalized spacial score (nSPS) is 12.0. The monoisotopic (exact) mass is 217 g/mol. The molecule has 0 heterocycles. The Morgan fingerprint density at radius 1 is 1.07 bits per heavy atom. The molecule has 0 bridgehead atoms. The molecule has 0 saturated carbocycles. The third kappa shape index (κ3) is 7.77. The van der Waals surface area contributed by atoms with Crippen LogP contribution in [0.3, 0.4) is 0 Å². The first kappa shape index (κ1) is 14.9. The summed E-state index contributed by atoms with van der Waals surface area (Å²) in [5.41, 5.74) is 0. The molecule has 0 aromatic heterocycles. The summed E-state index contributed by atoms with van der Waals surface area (Å²) in [6.07, 6.45) is 5.02. The summed E-state index contributed by atoms with van der Waals surface area (Å²) in [5, 5.41) is 9.98. The van der Waals surface area contributed by atoms with E-state index in [2.05, 4.69) is 20.8 Å². The second kappa shape index (κ2) is 9.13. The van der Waals surface area contributed by atoms with Crippen molar-refractivity contribution in [3.63, 3.8) is 0 Å². The van der Waals surface area contributed by atoms with Gasteiger partial charge in [-0.25, -0.2) is 0 Å². The van der Waals surface area contributed by atoms with Crippen LogP contribution in [-0.2, 0) is 9.47 Å². The lowest BCUT2D eigenvalue weighted by atomic mass is 10.3. The van der Waals surface area contributed by atoms with Crippen LogP contribution in [0.1, 0.15) is 52.4 Å². The molecule has 15 heavy (non-hydrogen) atoms. The highest BCUT2D eigenvalue weighted by Crippen LogP contribution is 2.17. The van der Waals surface area contributed by atoms with Crippen molar-refractivity contribution in [1.82, 2.24) is 0 Å². The Morgan fingerprint density at radius 3 is 1.87 bits per heavy atom. The Hall–Kier alpha value is -0.120. The molecule has 0 amide bonds. The molecule has 3 nitrogen and oxygen atoms in total. The fourth-order valence-corrected chi connectivity index (χ4v) is 1.16. The summed E-state index contributed by atoms with van der Waals surface area (Å²) in [5.74, 6) is -1.41. The van der Waals surface area contributed by atoms with Crippen LogP contribution < -0.4 is 0 Å². The van der Waals surface area contributed by atoms with E-state index >= 15 is 0 Å². The van der Waals surface area contributed by atoms with Crippen molar-refractivity contribution in [2.75, 3.05) is 13.2 Å². The summed E-state index contributed by atoms with van der Waals surface area (Å²) in [6.45, 7) is 8.96. The summed E-state index contributed by atoms with van der Waals surface area (Å²) < 4.78 is 10.7. The van der Waals surface area contributed by atoms with Crippen molar-refractivity contribution in [3.8, 4) is 0 Å². The lowest BCUT2D eigenvalue weighted by Crippen LogP contribution is -2.36. The van der Waals surface area contributed by atoms with E-state index in [0.29, 0.717) is 26.1 Å². The first-order valence-electron chi connectivity index (χ1n) is 5.98. The quantitative estimate of drug-likeness (QED) is 0.452. The molecule has 0 spiro atoms. The Morgan fingerprint density at radius 2 is 1.53 bits per heavy atom. The van der Waals surface area contributed by atoms with Crippen molar-refractivity contribution in [3.05, 3.63) is 6.92 Å². The molecule has 0 aliphatic heterocycles. The molecule has 0 atom stereocenters. The van der Waals surface area contributed by atoms with Gasteiger partial charge < -0.3 is 14.6 Å². The van der Waals surface area contributed by atoms with E-state index in [1.165, 1.54) is 0 Å². The number of hydrogen-bond acceptors (Lipinski definition) is 3. The molecule has 0 aromatic carbocycles. The van der Waals surface area contributed by atoms with Gasteiger partial charge in [-0.05, 0) is 19.3 Å². The molecule has 0 aliphatic rings. The zero-order valence-electron chi connectivity index (χ0n) is 10.1. The molecule has 0 aromatic rings. The van der Waals surface area contributed by atoms with E-state index in [-0.39, 0.29) is 0 Å². The van der Waals surface area contributed by atoms with Crippen molar-refractivity contribution < 1.29 is 14.6 Å². The average Bonchev–Trinajstić information content (AvgIpc) is 2.19. The van der Waals surface area contributed by atoms with Crippen LogP contribution in [-0.4, -0.2) is 24.3 Å². The fraction of sp³-hybridized carbons (Fsp3) is 0.917. The minimum atomic E-state index is -1.41. The summed E-state index contributed by atoms with van der Waals surface area (Å²) in [7, 11) is 0. The van der Waals surface area contributed by atoms with Gasteiger partial charge in [0.25, 0.3) is 5.97 Å². The SMILES string of the molecule is [CH2]CCC(O)(OCCCC)OCCCC. The third-order valence-corrected chi connectivity index (χ3v) is 2.14. The number of hydrogen-bond donors (Lipinski definition) is 1. The number of unbranched alkanes of at least 4 members (excludes halogenated alkanes) is 2. The number of ether oxygens (including phenoxy) is 2. The van der Waals surface area contributed by atoms with Gasteiger partial charge in [-0.15, -0.1) is 0 Å². The largest absolute Gasteiger partial charge is 0.343 e. The van der Waals surface area contributed by atoms with E-state index in [1.807, 2.05) is 0 Å². The van der Waals surface area contributed by atoms with Gasteiger partial charge in [-0.3, -0.25) is 0 Å². The topological polar surface area (TPSA) is 38.7 Å². The first-order chi connectivity index (χ1) is 7.18. The number of rotatable bonds is 10. The van der Waals surface area contributed by atoms with E-state index in [4.69, 9.17) is 9.47 Å². The molecule has 1 radical (unpaired) electrons. The highest BCUT2D eigenvalue weighted by molar-refractivity contribution is 4.57. The van der Waals surface area contributed by atoms with Crippen LogP contribution in [0.2, 0.25) is 0 Å². The summed E-state index contributed by atoms with van der Waals surface area (Å²) >= 11 is 0. The van der Waals surface area contributed by atoms with Crippen LogP contribution in [0.15, 0.2) is 0 Å². The Bertz CT molecular complexity index is 127. The molecule has 0 saturated heterocycles. The Kier molecular flexibility index (Phi) is 9.06. The second-order valence-corrected chi connectivity index (χ2v) is 3.72. The van der Waals surface area contributed by atoms with E-state index in [0.717, 1.165) is 25.7 Å². The maximum atomic E-state index is 9.98. The lowest BCUT2D eigenvalue weighted by Gasteiger charge is -2.27. The molecule has 0 rings (SSSR count). The van der Waals surface area contributed by atoms with Gasteiger partial charge >= 0.3 is 0 Å². The Labute approximate surface area is 93.8 Å². The van der Waals surface area contributed by atoms with Crippen LogP contribution in [0, 0.1) is 6.92 Å². The molecule has 91 valence electrons. The van der Waals surface area contributed by atoms with Gasteiger partial charge in [0.15, 0.2) is 0 Å². The van der Waals surface area contributed by atoms with E-state index in [1.54, 1.807) is 0 Å². The third-order valence-electron chi connectivity index (χ3n) is 2.14. The molecule has 0 aliphatic carbocycles. The van der Waals surface area contributed by atoms with Gasteiger partial charge in [0.05, 0.1) is 13.2 Å². The van der Waals surface area contributed by atoms with Crippen molar-refractivity contribution in [1.29, 1.82) is 0 Å². The van der Waals surface area contributed by atoms with Crippen molar-refractivity contribution in [2.45, 2.75) is 58.3 Å². The van der Waals surface area contributed by atoms with Crippen LogP contribution in [0.4, 0.5) is 0 Å². The summed E-state index contributed by atoms with van der Waals surface area (Å²) in [6, 6.07) is 0. The summed E-state index contributed by atoms with van der Waals surface area (Å²) in [4.78, 5) is 0. The highest BCUT2D eigenvalue weighted by atomic mass is 16.8. The minimum Gasteiger partial charge on any atom is -0.343 e. The van der Waals surface area contributed by atoms with Gasteiger partial charge in [0, 0.05) is 6.42 Å². The minimum absolute atomic E-state index is 0.431. The van der Waals surface area contributed by atoms with Gasteiger partial charge in [0.2, 0.25) is 0 Å². The molecule has 0 fully saturated rings. The predicted molar refractivity (Wildman–Crippen MR) is 61.3 cm³/mol. The average molecular weight is 217 g/mol. The smallest absolute Gasteiger partial charge is 0.280 e. The maximum Gasteiger partial charge on any atom is 0.280 e. The molecule has 1 N–H and O–H groups in total. The predicted octanol–water partition coefficient (Wildman–Crippen LogP) is 2.88. The Balaban J connectivity index is 3.83. The van der Waals surface area contributed by atoms with Crippen molar-refractivity contribution >= 4 is 0 Å². The molecular formula is C12H25O3. The van der Waals surface area contributed by atoms with E-state index < -0.39 is 5.97 Å². The van der Waals surface area contributed by atoms with Crippen LogP contribution in [0.25, 0.3) is 0 Å². The number of aliphatic hydroxyl groups is 1. The highest BCUT2D eigenvalue weighted by Gasteiger charge is 2.27. The maximum absolute atomic E-state index is 9.98. The van der Waals surface area contributed by atoms with Crippen molar-refractivity contribution in [2.24, 2.45) is 0 Å². The second-order valence-electron chi connectivity index (χ2n) is 3.72. The van der Waals surface area contributed by atoms with E-state index in [9.17, 15) is 5.11 Å².